The fraction of sp³-hybridized carbons (Fsp3) is 0.600. The van der Waals surface area contributed by atoms with E-state index in [4.69, 9.17) is 24.7 Å². The summed E-state index contributed by atoms with van der Waals surface area (Å²) in [6.07, 6.45) is 0. The van der Waals surface area contributed by atoms with E-state index in [1.807, 2.05) is 0 Å². The Bertz CT molecular complexity index is 401. The maximum atomic E-state index is 13.7. The topological polar surface area (TPSA) is 62.9 Å². The first-order chi connectivity index (χ1) is 10.1. The van der Waals surface area contributed by atoms with Crippen molar-refractivity contribution in [1.29, 1.82) is 0 Å². The summed E-state index contributed by atoms with van der Waals surface area (Å²) in [5.41, 5.74) is 6.42. The van der Waals surface area contributed by atoms with Gasteiger partial charge in [0.1, 0.15) is 6.61 Å². The van der Waals surface area contributed by atoms with E-state index < -0.39 is 5.82 Å². The lowest BCUT2D eigenvalue weighted by Gasteiger charge is -2.11. The van der Waals surface area contributed by atoms with Crippen LogP contribution in [0.1, 0.15) is 18.5 Å². The number of hydrogen-bond acceptors (Lipinski definition) is 5. The van der Waals surface area contributed by atoms with Gasteiger partial charge in [0, 0.05) is 13.2 Å². The standard InChI is InChI=1S/C15H24FNO4/c1-12(17)13-3-4-15(14(16)11-13)21-10-9-20-8-7-19-6-5-18-2/h3-4,11-12H,5-10,17H2,1-2H3/t12-/m0/s1. The number of nitrogens with two attached hydrogens (primary N) is 1. The van der Waals surface area contributed by atoms with Crippen LogP contribution < -0.4 is 10.5 Å². The molecule has 2 N–H and O–H groups in total. The minimum atomic E-state index is -0.410. The van der Waals surface area contributed by atoms with Gasteiger partial charge in [-0.2, -0.15) is 0 Å². The summed E-state index contributed by atoms with van der Waals surface area (Å²) >= 11 is 0. The maximum absolute atomic E-state index is 13.7. The van der Waals surface area contributed by atoms with Gasteiger partial charge in [0.25, 0.3) is 0 Å². The van der Waals surface area contributed by atoms with E-state index in [9.17, 15) is 4.39 Å². The highest BCUT2D eigenvalue weighted by Gasteiger charge is 2.07. The monoisotopic (exact) mass is 301 g/mol. The quantitative estimate of drug-likeness (QED) is 0.633. The number of methoxy groups -OCH3 is 1. The van der Waals surface area contributed by atoms with Crippen molar-refractivity contribution in [1.82, 2.24) is 0 Å². The molecule has 0 unspecified atom stereocenters. The molecule has 120 valence electrons. The van der Waals surface area contributed by atoms with E-state index in [1.54, 1.807) is 26.2 Å². The minimum Gasteiger partial charge on any atom is -0.488 e. The van der Waals surface area contributed by atoms with Crippen LogP contribution in [-0.2, 0) is 14.2 Å². The first-order valence-corrected chi connectivity index (χ1v) is 6.97. The average Bonchev–Trinajstić information content (AvgIpc) is 2.46. The van der Waals surface area contributed by atoms with Crippen molar-refractivity contribution < 1.29 is 23.3 Å². The van der Waals surface area contributed by atoms with Crippen LogP contribution in [0.4, 0.5) is 4.39 Å². The molecule has 0 aliphatic rings. The summed E-state index contributed by atoms with van der Waals surface area (Å²) in [6.45, 7) is 4.56. The molecule has 6 heteroatoms. The van der Waals surface area contributed by atoms with Gasteiger partial charge >= 0.3 is 0 Å². The number of halogens is 1. The molecule has 0 bridgehead atoms. The predicted molar refractivity (Wildman–Crippen MR) is 78.0 cm³/mol. The Morgan fingerprint density at radius 1 is 1.05 bits per heavy atom. The molecule has 0 aliphatic carbocycles. The number of rotatable bonds is 11. The van der Waals surface area contributed by atoms with Crippen LogP contribution >= 0.6 is 0 Å². The number of benzene rings is 1. The Labute approximate surface area is 125 Å². The summed E-state index contributed by atoms with van der Waals surface area (Å²) in [6, 6.07) is 4.54. The fourth-order valence-corrected chi connectivity index (χ4v) is 1.59. The second-order valence-corrected chi connectivity index (χ2v) is 4.54. The molecule has 0 saturated carbocycles. The lowest BCUT2D eigenvalue weighted by molar-refractivity contribution is 0.0177. The summed E-state index contributed by atoms with van der Waals surface area (Å²) in [5.74, 6) is -0.202. The van der Waals surface area contributed by atoms with Crippen molar-refractivity contribution in [2.45, 2.75) is 13.0 Å². The zero-order valence-corrected chi connectivity index (χ0v) is 12.6. The Hall–Kier alpha value is -1.21. The van der Waals surface area contributed by atoms with Crippen molar-refractivity contribution >= 4 is 0 Å². The first-order valence-electron chi connectivity index (χ1n) is 6.97. The van der Waals surface area contributed by atoms with Crippen molar-refractivity contribution in [2.75, 3.05) is 46.8 Å². The van der Waals surface area contributed by atoms with Gasteiger partial charge in [-0.15, -0.1) is 0 Å². The fourth-order valence-electron chi connectivity index (χ4n) is 1.59. The van der Waals surface area contributed by atoms with Gasteiger partial charge in [0.2, 0.25) is 0 Å². The van der Waals surface area contributed by atoms with Crippen molar-refractivity contribution in [2.24, 2.45) is 5.73 Å². The SMILES string of the molecule is COCCOCCOCCOc1ccc([C@H](C)N)cc1F. The van der Waals surface area contributed by atoms with E-state index in [0.29, 0.717) is 33.0 Å². The molecule has 0 radical (unpaired) electrons. The lowest BCUT2D eigenvalue weighted by Crippen LogP contribution is -2.13. The summed E-state index contributed by atoms with van der Waals surface area (Å²) in [7, 11) is 1.62. The van der Waals surface area contributed by atoms with E-state index in [0.717, 1.165) is 5.56 Å². The molecule has 1 aromatic carbocycles. The lowest BCUT2D eigenvalue weighted by atomic mass is 10.1. The van der Waals surface area contributed by atoms with Gasteiger partial charge in [-0.1, -0.05) is 6.07 Å². The molecule has 21 heavy (non-hydrogen) atoms. The zero-order chi connectivity index (χ0) is 15.5. The third kappa shape index (κ3) is 7.38. The first kappa shape index (κ1) is 17.8. The average molecular weight is 301 g/mol. The molecular formula is C15H24FNO4. The number of ether oxygens (including phenoxy) is 4. The van der Waals surface area contributed by atoms with Crippen LogP contribution in [0, 0.1) is 5.82 Å². The summed E-state index contributed by atoms with van der Waals surface area (Å²) in [5, 5.41) is 0. The minimum absolute atomic E-state index is 0.199. The van der Waals surface area contributed by atoms with Gasteiger partial charge in [-0.25, -0.2) is 4.39 Å². The van der Waals surface area contributed by atoms with Gasteiger partial charge < -0.3 is 24.7 Å². The Balaban J connectivity index is 2.13. The molecule has 0 aliphatic heterocycles. The third-order valence-electron chi connectivity index (χ3n) is 2.77. The second kappa shape index (κ2) is 10.5. The van der Waals surface area contributed by atoms with Crippen molar-refractivity contribution in [3.05, 3.63) is 29.6 Å². The van der Waals surface area contributed by atoms with E-state index in [-0.39, 0.29) is 18.4 Å². The van der Waals surface area contributed by atoms with Crippen LogP contribution in [0.15, 0.2) is 18.2 Å². The smallest absolute Gasteiger partial charge is 0.165 e. The normalized spacial score (nSPS) is 12.4. The second-order valence-electron chi connectivity index (χ2n) is 4.54. The predicted octanol–water partition coefficient (Wildman–Crippen LogP) is 1.90. The Kier molecular flexibility index (Phi) is 8.93. The molecule has 1 rings (SSSR count). The van der Waals surface area contributed by atoms with Crippen molar-refractivity contribution in [3.63, 3.8) is 0 Å². The number of hydrogen-bond donors (Lipinski definition) is 1. The van der Waals surface area contributed by atoms with Gasteiger partial charge in [-0.3, -0.25) is 0 Å². The van der Waals surface area contributed by atoms with Crippen molar-refractivity contribution in [3.8, 4) is 5.75 Å². The highest BCUT2D eigenvalue weighted by molar-refractivity contribution is 5.30. The summed E-state index contributed by atoms with van der Waals surface area (Å²) in [4.78, 5) is 0. The summed E-state index contributed by atoms with van der Waals surface area (Å²) < 4.78 is 34.4. The molecule has 1 atom stereocenters. The van der Waals surface area contributed by atoms with Crippen LogP contribution in [0.5, 0.6) is 5.75 Å². The molecule has 0 saturated heterocycles. The van der Waals surface area contributed by atoms with Gasteiger partial charge in [0.05, 0.1) is 33.0 Å². The molecule has 0 aromatic heterocycles. The molecular weight excluding hydrogens is 277 g/mol. The van der Waals surface area contributed by atoms with Crippen LogP contribution in [0.3, 0.4) is 0 Å². The zero-order valence-electron chi connectivity index (χ0n) is 12.6. The van der Waals surface area contributed by atoms with E-state index in [2.05, 4.69) is 0 Å². The van der Waals surface area contributed by atoms with Crippen LogP contribution in [-0.4, -0.2) is 46.8 Å². The molecule has 0 amide bonds. The largest absolute Gasteiger partial charge is 0.488 e. The third-order valence-corrected chi connectivity index (χ3v) is 2.77. The molecule has 1 aromatic rings. The van der Waals surface area contributed by atoms with Crippen LogP contribution in [0.25, 0.3) is 0 Å². The molecule has 5 nitrogen and oxygen atoms in total. The molecule has 0 spiro atoms. The highest BCUT2D eigenvalue weighted by Crippen LogP contribution is 2.20. The molecule has 0 heterocycles. The highest BCUT2D eigenvalue weighted by atomic mass is 19.1. The van der Waals surface area contributed by atoms with Gasteiger partial charge in [0.15, 0.2) is 11.6 Å². The van der Waals surface area contributed by atoms with Gasteiger partial charge in [-0.05, 0) is 24.6 Å². The Morgan fingerprint density at radius 2 is 1.67 bits per heavy atom. The molecule has 0 fully saturated rings. The Morgan fingerprint density at radius 3 is 2.24 bits per heavy atom. The van der Waals surface area contributed by atoms with E-state index in [1.165, 1.54) is 6.07 Å². The maximum Gasteiger partial charge on any atom is 0.165 e. The van der Waals surface area contributed by atoms with E-state index >= 15 is 0 Å². The van der Waals surface area contributed by atoms with Crippen LogP contribution in [0.2, 0.25) is 0 Å².